The molecule has 0 saturated carbocycles. The number of primary amides is 1. The van der Waals surface area contributed by atoms with Crippen LogP contribution in [0.15, 0.2) is 48.5 Å². The third kappa shape index (κ3) is 5.56. The van der Waals surface area contributed by atoms with Crippen LogP contribution in [-0.4, -0.2) is 31.4 Å². The van der Waals surface area contributed by atoms with Gasteiger partial charge in [0.25, 0.3) is 5.91 Å². The number of carbonyl (C=O) groups is 2. The van der Waals surface area contributed by atoms with E-state index in [1.807, 2.05) is 55.5 Å². The van der Waals surface area contributed by atoms with Gasteiger partial charge in [0.2, 0.25) is 5.91 Å². The molecule has 1 aliphatic heterocycles. The molecule has 1 unspecified atom stereocenters. The predicted octanol–water partition coefficient (Wildman–Crippen LogP) is 1.51. The summed E-state index contributed by atoms with van der Waals surface area (Å²) in [4.78, 5) is 24.7. The second kappa shape index (κ2) is 8.68. The van der Waals surface area contributed by atoms with E-state index in [-0.39, 0.29) is 17.7 Å². The van der Waals surface area contributed by atoms with Crippen LogP contribution >= 0.6 is 0 Å². The Morgan fingerprint density at radius 1 is 1.11 bits per heavy atom. The SMILES string of the molecule is Cc1ccc(Oc2ccc(NC(=O)C[NH+]3CCC[C@@H](C(N)=O)C3)cc2)cc1. The molecule has 2 aromatic carbocycles. The van der Waals surface area contributed by atoms with Crippen molar-refractivity contribution in [3.63, 3.8) is 0 Å². The van der Waals surface area contributed by atoms with E-state index < -0.39 is 0 Å². The molecule has 0 radical (unpaired) electrons. The van der Waals surface area contributed by atoms with Crippen molar-refractivity contribution in [2.45, 2.75) is 19.8 Å². The van der Waals surface area contributed by atoms with Crippen molar-refractivity contribution in [3.05, 3.63) is 54.1 Å². The van der Waals surface area contributed by atoms with Gasteiger partial charge >= 0.3 is 0 Å². The largest absolute Gasteiger partial charge is 0.457 e. The second-order valence-corrected chi connectivity index (χ2v) is 7.11. The molecule has 1 saturated heterocycles. The van der Waals surface area contributed by atoms with E-state index >= 15 is 0 Å². The Balaban J connectivity index is 1.51. The molecule has 0 spiro atoms. The standard InChI is InChI=1S/C21H25N3O3/c1-15-4-8-18(9-5-15)27-19-10-6-17(7-11-19)23-20(25)14-24-12-2-3-16(13-24)21(22)26/h4-11,16H,2-3,12-14H2,1H3,(H2,22,26)(H,23,25)/p+1/t16-/m1/s1. The molecule has 6 nitrogen and oxygen atoms in total. The molecule has 1 aliphatic rings. The maximum Gasteiger partial charge on any atom is 0.279 e. The Morgan fingerprint density at radius 3 is 2.37 bits per heavy atom. The van der Waals surface area contributed by atoms with Gasteiger partial charge in [-0.2, -0.15) is 0 Å². The minimum absolute atomic E-state index is 0.0673. The summed E-state index contributed by atoms with van der Waals surface area (Å²) >= 11 is 0. The highest BCUT2D eigenvalue weighted by Gasteiger charge is 2.28. The lowest BCUT2D eigenvalue weighted by molar-refractivity contribution is -0.899. The summed E-state index contributed by atoms with van der Waals surface area (Å²) in [5.74, 6) is 1.02. The number of nitrogens with one attached hydrogen (secondary N) is 2. The number of quaternary nitrogens is 1. The van der Waals surface area contributed by atoms with Gasteiger partial charge in [0.15, 0.2) is 6.54 Å². The molecule has 1 heterocycles. The van der Waals surface area contributed by atoms with Crippen LogP contribution in [0.4, 0.5) is 5.69 Å². The van der Waals surface area contributed by atoms with Gasteiger partial charge < -0.3 is 20.7 Å². The van der Waals surface area contributed by atoms with E-state index in [1.165, 1.54) is 5.56 Å². The van der Waals surface area contributed by atoms with E-state index in [1.54, 1.807) is 0 Å². The molecule has 142 valence electrons. The van der Waals surface area contributed by atoms with Crippen LogP contribution in [0.3, 0.4) is 0 Å². The highest BCUT2D eigenvalue weighted by atomic mass is 16.5. The summed E-state index contributed by atoms with van der Waals surface area (Å²) < 4.78 is 5.79. The number of aryl methyl sites for hydroxylation is 1. The molecule has 27 heavy (non-hydrogen) atoms. The fraction of sp³-hybridized carbons (Fsp3) is 0.333. The van der Waals surface area contributed by atoms with Crippen LogP contribution in [0, 0.1) is 12.8 Å². The molecule has 4 N–H and O–H groups in total. The number of ether oxygens (including phenoxy) is 1. The highest BCUT2D eigenvalue weighted by molar-refractivity contribution is 5.91. The van der Waals surface area contributed by atoms with Crippen LogP contribution in [0.1, 0.15) is 18.4 Å². The molecule has 2 amide bonds. The molecule has 0 bridgehead atoms. The normalized spacial score (nSPS) is 19.3. The molecular formula is C21H26N3O3+. The molecule has 1 fully saturated rings. The van der Waals surface area contributed by atoms with Gasteiger partial charge in [-0.25, -0.2) is 0 Å². The van der Waals surface area contributed by atoms with Crippen molar-refractivity contribution < 1.29 is 19.2 Å². The zero-order chi connectivity index (χ0) is 19.2. The molecule has 6 heteroatoms. The van der Waals surface area contributed by atoms with E-state index in [9.17, 15) is 9.59 Å². The van der Waals surface area contributed by atoms with Gasteiger partial charge in [-0.15, -0.1) is 0 Å². The zero-order valence-corrected chi connectivity index (χ0v) is 15.5. The summed E-state index contributed by atoms with van der Waals surface area (Å²) in [5, 5.41) is 2.90. The fourth-order valence-electron chi connectivity index (χ4n) is 3.34. The average Bonchev–Trinajstić information content (AvgIpc) is 2.65. The molecule has 0 aliphatic carbocycles. The van der Waals surface area contributed by atoms with Crippen LogP contribution in [0.25, 0.3) is 0 Å². The van der Waals surface area contributed by atoms with Gasteiger partial charge in [-0.3, -0.25) is 9.59 Å². The maximum absolute atomic E-state index is 12.3. The van der Waals surface area contributed by atoms with Crippen LogP contribution in [0.5, 0.6) is 11.5 Å². The zero-order valence-electron chi connectivity index (χ0n) is 15.5. The van der Waals surface area contributed by atoms with Crippen LogP contribution < -0.4 is 20.7 Å². The lowest BCUT2D eigenvalue weighted by atomic mass is 9.97. The fourth-order valence-corrected chi connectivity index (χ4v) is 3.34. The molecular weight excluding hydrogens is 342 g/mol. The van der Waals surface area contributed by atoms with E-state index in [0.29, 0.717) is 18.8 Å². The minimum Gasteiger partial charge on any atom is -0.457 e. The average molecular weight is 368 g/mol. The molecule has 2 aromatic rings. The summed E-state index contributed by atoms with van der Waals surface area (Å²) in [5.41, 5.74) is 7.30. The van der Waals surface area contributed by atoms with E-state index in [4.69, 9.17) is 10.5 Å². The van der Waals surface area contributed by atoms with Crippen LogP contribution in [0.2, 0.25) is 0 Å². The van der Waals surface area contributed by atoms with E-state index in [0.717, 1.165) is 35.7 Å². The topological polar surface area (TPSA) is 85.9 Å². The van der Waals surface area contributed by atoms with Crippen molar-refractivity contribution in [1.29, 1.82) is 0 Å². The number of likely N-dealkylation sites (tertiary alicyclic amines) is 1. The van der Waals surface area contributed by atoms with Gasteiger partial charge in [-0.05, 0) is 56.2 Å². The quantitative estimate of drug-likeness (QED) is 0.722. The third-order valence-electron chi connectivity index (χ3n) is 4.83. The van der Waals surface area contributed by atoms with Crippen molar-refractivity contribution in [2.24, 2.45) is 11.7 Å². The second-order valence-electron chi connectivity index (χ2n) is 7.11. The van der Waals surface area contributed by atoms with Crippen molar-refractivity contribution in [3.8, 4) is 11.5 Å². The first-order valence-electron chi connectivity index (χ1n) is 9.27. The summed E-state index contributed by atoms with van der Waals surface area (Å²) in [7, 11) is 0. The Hall–Kier alpha value is -2.86. The molecule has 2 atom stereocenters. The number of amides is 2. The number of carbonyl (C=O) groups excluding carboxylic acids is 2. The third-order valence-corrected chi connectivity index (χ3v) is 4.83. The number of hydrogen-bond donors (Lipinski definition) is 3. The number of rotatable bonds is 6. The van der Waals surface area contributed by atoms with Gasteiger partial charge in [-0.1, -0.05) is 17.7 Å². The van der Waals surface area contributed by atoms with E-state index in [2.05, 4.69) is 5.32 Å². The first-order chi connectivity index (χ1) is 13.0. The Morgan fingerprint density at radius 2 is 1.74 bits per heavy atom. The van der Waals surface area contributed by atoms with Gasteiger partial charge in [0.05, 0.1) is 19.0 Å². The van der Waals surface area contributed by atoms with Gasteiger partial charge in [0, 0.05) is 5.69 Å². The highest BCUT2D eigenvalue weighted by Crippen LogP contribution is 2.23. The first-order valence-corrected chi connectivity index (χ1v) is 9.27. The Labute approximate surface area is 159 Å². The lowest BCUT2D eigenvalue weighted by Gasteiger charge is -2.27. The number of anilines is 1. The van der Waals surface area contributed by atoms with Crippen molar-refractivity contribution in [1.82, 2.24) is 0 Å². The summed E-state index contributed by atoms with van der Waals surface area (Å²) in [6.45, 7) is 3.89. The van der Waals surface area contributed by atoms with Crippen LogP contribution in [-0.2, 0) is 9.59 Å². The summed E-state index contributed by atoms with van der Waals surface area (Å²) in [6.07, 6.45) is 1.74. The predicted molar refractivity (Wildman–Crippen MR) is 104 cm³/mol. The number of benzene rings is 2. The lowest BCUT2D eigenvalue weighted by Crippen LogP contribution is -3.14. The summed E-state index contributed by atoms with van der Waals surface area (Å²) in [6, 6.07) is 15.1. The number of hydrogen-bond acceptors (Lipinski definition) is 3. The Kier molecular flexibility index (Phi) is 6.08. The van der Waals surface area contributed by atoms with Crippen molar-refractivity contribution >= 4 is 17.5 Å². The van der Waals surface area contributed by atoms with Crippen molar-refractivity contribution in [2.75, 3.05) is 25.0 Å². The maximum atomic E-state index is 12.3. The smallest absolute Gasteiger partial charge is 0.279 e. The number of piperidine rings is 1. The first kappa shape index (κ1) is 18.9. The monoisotopic (exact) mass is 368 g/mol. The number of nitrogens with two attached hydrogens (primary N) is 1. The minimum atomic E-state index is -0.267. The molecule has 3 rings (SSSR count). The molecule has 0 aromatic heterocycles. The van der Waals surface area contributed by atoms with Gasteiger partial charge in [0.1, 0.15) is 11.5 Å². The Bertz CT molecular complexity index is 787.